The van der Waals surface area contributed by atoms with E-state index < -0.39 is 0 Å². The summed E-state index contributed by atoms with van der Waals surface area (Å²) in [6, 6.07) is 1.92. The Kier molecular flexibility index (Phi) is 3.86. The Morgan fingerprint density at radius 2 is 2.07 bits per heavy atom. The first-order valence-electron chi connectivity index (χ1n) is 5.12. The van der Waals surface area contributed by atoms with Gasteiger partial charge in [-0.15, -0.1) is 0 Å². The average Bonchev–Trinajstić information content (AvgIpc) is 2.14. The van der Waals surface area contributed by atoms with Gasteiger partial charge < -0.3 is 4.74 Å². The Morgan fingerprint density at radius 1 is 1.36 bits per heavy atom. The number of hydrogen-bond acceptors (Lipinski definition) is 3. The van der Waals surface area contributed by atoms with Gasteiger partial charge in [-0.3, -0.25) is 0 Å². The molecule has 1 rings (SSSR count). The Balaban J connectivity index is 2.84. The molecule has 0 aliphatic rings. The summed E-state index contributed by atoms with van der Waals surface area (Å²) in [5.74, 6) is 1.89. The van der Waals surface area contributed by atoms with Gasteiger partial charge in [0.05, 0.1) is 12.3 Å². The third-order valence-electron chi connectivity index (χ3n) is 1.88. The highest BCUT2D eigenvalue weighted by atomic mass is 16.5. The van der Waals surface area contributed by atoms with E-state index in [0.29, 0.717) is 18.4 Å². The summed E-state index contributed by atoms with van der Waals surface area (Å²) >= 11 is 0. The Bertz CT molecular complexity index is 297. The molecule has 1 heterocycles. The highest BCUT2D eigenvalue weighted by Crippen LogP contribution is 2.16. The molecule has 0 fully saturated rings. The van der Waals surface area contributed by atoms with Gasteiger partial charge in [0.25, 0.3) is 0 Å². The van der Waals surface area contributed by atoms with Crippen LogP contribution in [0.3, 0.4) is 0 Å². The highest BCUT2D eigenvalue weighted by molar-refractivity contribution is 5.18. The molecular formula is C11H18N2O. The molecule has 0 radical (unpaired) electrons. The van der Waals surface area contributed by atoms with Gasteiger partial charge in [0.1, 0.15) is 5.82 Å². The van der Waals surface area contributed by atoms with Crippen LogP contribution in [0.15, 0.2) is 6.07 Å². The molecule has 3 heteroatoms. The monoisotopic (exact) mass is 194 g/mol. The van der Waals surface area contributed by atoms with Crippen LogP contribution in [0.2, 0.25) is 0 Å². The lowest BCUT2D eigenvalue weighted by atomic mass is 10.1. The lowest BCUT2D eigenvalue weighted by Crippen LogP contribution is -2.03. The zero-order chi connectivity index (χ0) is 10.6. The number of rotatable bonds is 4. The maximum Gasteiger partial charge on any atom is 0.216 e. The molecule has 0 atom stereocenters. The van der Waals surface area contributed by atoms with E-state index in [1.807, 2.05) is 13.0 Å². The Hall–Kier alpha value is -1.12. The van der Waals surface area contributed by atoms with Gasteiger partial charge >= 0.3 is 0 Å². The van der Waals surface area contributed by atoms with E-state index in [1.165, 1.54) is 0 Å². The van der Waals surface area contributed by atoms with Gasteiger partial charge in [0.2, 0.25) is 5.88 Å². The van der Waals surface area contributed by atoms with E-state index in [2.05, 4.69) is 30.7 Å². The van der Waals surface area contributed by atoms with Crippen LogP contribution in [0, 0.1) is 6.92 Å². The van der Waals surface area contributed by atoms with E-state index in [1.54, 1.807) is 0 Å². The standard InChI is InChI=1S/C11H18N2O/c1-5-6-14-11-7-10(8(2)3)12-9(4)13-11/h7-8H,5-6H2,1-4H3. The number of aromatic nitrogens is 2. The van der Waals surface area contributed by atoms with Crippen molar-refractivity contribution >= 4 is 0 Å². The molecule has 1 aromatic heterocycles. The molecule has 3 nitrogen and oxygen atoms in total. The summed E-state index contributed by atoms with van der Waals surface area (Å²) in [7, 11) is 0. The minimum absolute atomic E-state index is 0.417. The topological polar surface area (TPSA) is 35.0 Å². The van der Waals surface area contributed by atoms with Crippen LogP contribution in [0.25, 0.3) is 0 Å². The predicted molar refractivity (Wildman–Crippen MR) is 56.6 cm³/mol. The first kappa shape index (κ1) is 11.0. The summed E-state index contributed by atoms with van der Waals surface area (Å²) in [5.41, 5.74) is 1.05. The zero-order valence-electron chi connectivity index (χ0n) is 9.37. The van der Waals surface area contributed by atoms with Crippen LogP contribution in [0.1, 0.15) is 44.6 Å². The third kappa shape index (κ3) is 2.98. The second-order valence-corrected chi connectivity index (χ2v) is 3.68. The van der Waals surface area contributed by atoms with Crippen molar-refractivity contribution in [1.82, 2.24) is 9.97 Å². The molecule has 0 N–H and O–H groups in total. The Morgan fingerprint density at radius 3 is 2.64 bits per heavy atom. The molecule has 0 amide bonds. The van der Waals surface area contributed by atoms with Crippen LogP contribution >= 0.6 is 0 Å². The lowest BCUT2D eigenvalue weighted by Gasteiger charge is -2.08. The molecule has 0 saturated carbocycles. The predicted octanol–water partition coefficient (Wildman–Crippen LogP) is 2.70. The molecule has 0 bridgehead atoms. The van der Waals surface area contributed by atoms with Gasteiger partial charge in [-0.1, -0.05) is 20.8 Å². The first-order chi connectivity index (χ1) is 6.63. The highest BCUT2D eigenvalue weighted by Gasteiger charge is 2.05. The third-order valence-corrected chi connectivity index (χ3v) is 1.88. The van der Waals surface area contributed by atoms with Crippen molar-refractivity contribution < 1.29 is 4.74 Å². The first-order valence-corrected chi connectivity index (χ1v) is 5.12. The van der Waals surface area contributed by atoms with E-state index in [0.717, 1.165) is 17.9 Å². The van der Waals surface area contributed by atoms with Crippen molar-refractivity contribution in [3.8, 4) is 5.88 Å². The van der Waals surface area contributed by atoms with Gasteiger partial charge in [-0.05, 0) is 19.3 Å². The number of hydrogen-bond donors (Lipinski definition) is 0. The van der Waals surface area contributed by atoms with Crippen molar-refractivity contribution in [2.24, 2.45) is 0 Å². The molecule has 0 spiro atoms. The van der Waals surface area contributed by atoms with Crippen molar-refractivity contribution in [2.45, 2.75) is 40.0 Å². The second-order valence-electron chi connectivity index (χ2n) is 3.68. The van der Waals surface area contributed by atoms with Crippen molar-refractivity contribution in [1.29, 1.82) is 0 Å². The summed E-state index contributed by atoms with van der Waals surface area (Å²) < 4.78 is 5.48. The molecule has 0 aliphatic carbocycles. The quantitative estimate of drug-likeness (QED) is 0.739. The van der Waals surface area contributed by atoms with Crippen molar-refractivity contribution in [3.05, 3.63) is 17.6 Å². The van der Waals surface area contributed by atoms with Crippen LogP contribution in [-0.2, 0) is 0 Å². The Labute approximate surface area is 85.5 Å². The molecule has 0 saturated heterocycles. The van der Waals surface area contributed by atoms with Crippen LogP contribution in [-0.4, -0.2) is 16.6 Å². The smallest absolute Gasteiger partial charge is 0.216 e. The van der Waals surface area contributed by atoms with Gasteiger partial charge in [0.15, 0.2) is 0 Å². The fourth-order valence-electron chi connectivity index (χ4n) is 1.14. The lowest BCUT2D eigenvalue weighted by molar-refractivity contribution is 0.303. The molecule has 0 aromatic carbocycles. The zero-order valence-corrected chi connectivity index (χ0v) is 9.37. The maximum atomic E-state index is 5.48. The largest absolute Gasteiger partial charge is 0.478 e. The summed E-state index contributed by atoms with van der Waals surface area (Å²) in [5, 5.41) is 0. The second kappa shape index (κ2) is 4.94. The van der Waals surface area contributed by atoms with E-state index >= 15 is 0 Å². The van der Waals surface area contributed by atoms with E-state index in [-0.39, 0.29) is 0 Å². The van der Waals surface area contributed by atoms with Crippen LogP contribution < -0.4 is 4.74 Å². The summed E-state index contributed by atoms with van der Waals surface area (Å²) in [6.45, 7) is 8.92. The van der Waals surface area contributed by atoms with Crippen LogP contribution in [0.4, 0.5) is 0 Å². The molecule has 0 unspecified atom stereocenters. The molecular weight excluding hydrogens is 176 g/mol. The number of nitrogens with zero attached hydrogens (tertiary/aromatic N) is 2. The molecule has 14 heavy (non-hydrogen) atoms. The fraction of sp³-hybridized carbons (Fsp3) is 0.636. The molecule has 78 valence electrons. The van der Waals surface area contributed by atoms with Gasteiger partial charge in [0, 0.05) is 6.07 Å². The number of ether oxygens (including phenoxy) is 1. The van der Waals surface area contributed by atoms with Gasteiger partial charge in [-0.2, -0.15) is 4.98 Å². The van der Waals surface area contributed by atoms with Crippen LogP contribution in [0.5, 0.6) is 5.88 Å². The summed E-state index contributed by atoms with van der Waals surface area (Å²) in [6.07, 6.45) is 1.00. The van der Waals surface area contributed by atoms with Crippen molar-refractivity contribution in [2.75, 3.05) is 6.61 Å². The molecule has 1 aromatic rings. The summed E-state index contributed by atoms with van der Waals surface area (Å²) in [4.78, 5) is 8.57. The minimum Gasteiger partial charge on any atom is -0.478 e. The minimum atomic E-state index is 0.417. The number of aryl methyl sites for hydroxylation is 1. The fourth-order valence-corrected chi connectivity index (χ4v) is 1.14. The van der Waals surface area contributed by atoms with Gasteiger partial charge in [-0.25, -0.2) is 4.98 Å². The van der Waals surface area contributed by atoms with Crippen molar-refractivity contribution in [3.63, 3.8) is 0 Å². The maximum absolute atomic E-state index is 5.48. The van der Waals surface area contributed by atoms with E-state index in [4.69, 9.17) is 4.74 Å². The van der Waals surface area contributed by atoms with E-state index in [9.17, 15) is 0 Å². The normalized spacial score (nSPS) is 10.6. The average molecular weight is 194 g/mol. The molecule has 0 aliphatic heterocycles. The SMILES string of the molecule is CCCOc1cc(C(C)C)nc(C)n1.